The molecule has 292 valence electrons. The van der Waals surface area contributed by atoms with Crippen LogP contribution in [0.5, 0.6) is 5.75 Å². The summed E-state index contributed by atoms with van der Waals surface area (Å²) in [5.74, 6) is -1.81. The van der Waals surface area contributed by atoms with E-state index in [1.807, 2.05) is 36.4 Å². The highest BCUT2D eigenvalue weighted by molar-refractivity contribution is 6.33. The number of fused-ring (bicyclic) bond motifs is 1. The van der Waals surface area contributed by atoms with Gasteiger partial charge in [-0.1, -0.05) is 54.9 Å². The van der Waals surface area contributed by atoms with Gasteiger partial charge in [-0.25, -0.2) is 9.37 Å². The number of hydrogen-bond donors (Lipinski definition) is 1. The molecule has 1 saturated heterocycles. The van der Waals surface area contributed by atoms with Gasteiger partial charge >= 0.3 is 6.18 Å². The molecule has 2 aliphatic heterocycles. The Balaban J connectivity index is 1.17. The normalized spacial score (nSPS) is 14.9. The molecule has 0 spiro atoms. The SMILES string of the molecule is CCc1c(N2CCN(C(=O)c3nccc(F)c3OCc3ccccc3)CC2)c(=O)n2nc(C3=CCOCC3)nc2n1CC(=O)Nc1ccc(C(F)(F)F)cc1Cl. The number of piperazine rings is 1. The zero-order valence-corrected chi connectivity index (χ0v) is 30.7. The molecule has 56 heavy (non-hydrogen) atoms. The van der Waals surface area contributed by atoms with Gasteiger partial charge in [-0.15, -0.1) is 5.10 Å². The van der Waals surface area contributed by atoms with Crippen LogP contribution >= 0.6 is 11.6 Å². The van der Waals surface area contributed by atoms with Crippen LogP contribution in [0, 0.1) is 5.82 Å². The number of aromatic nitrogens is 5. The zero-order valence-electron chi connectivity index (χ0n) is 30.0. The summed E-state index contributed by atoms with van der Waals surface area (Å²) in [4.78, 5) is 53.7. The van der Waals surface area contributed by atoms with Gasteiger partial charge in [0.15, 0.2) is 23.1 Å². The molecule has 0 bridgehead atoms. The van der Waals surface area contributed by atoms with E-state index in [1.54, 1.807) is 16.4 Å². The highest BCUT2D eigenvalue weighted by Gasteiger charge is 2.33. The van der Waals surface area contributed by atoms with E-state index in [0.29, 0.717) is 25.3 Å². The molecule has 18 heteroatoms. The molecule has 13 nitrogen and oxygen atoms in total. The number of anilines is 2. The van der Waals surface area contributed by atoms with E-state index >= 15 is 0 Å². The molecule has 0 radical (unpaired) electrons. The summed E-state index contributed by atoms with van der Waals surface area (Å²) in [6.07, 6.45) is -0.844. The number of hydrogen-bond acceptors (Lipinski definition) is 9. The van der Waals surface area contributed by atoms with Gasteiger partial charge in [-0.05, 0) is 48.2 Å². The second-order valence-corrected chi connectivity index (χ2v) is 13.4. The third-order valence-corrected chi connectivity index (χ3v) is 9.76. The molecule has 2 aliphatic rings. The maximum absolute atomic E-state index is 15.0. The van der Waals surface area contributed by atoms with Crippen molar-refractivity contribution in [1.29, 1.82) is 0 Å². The van der Waals surface area contributed by atoms with Gasteiger partial charge in [-0.3, -0.25) is 14.4 Å². The second kappa shape index (κ2) is 16.1. The average molecular weight is 795 g/mol. The van der Waals surface area contributed by atoms with Gasteiger partial charge in [0, 0.05) is 32.4 Å². The number of alkyl halides is 3. The molecular weight excluding hydrogens is 760 g/mol. The first-order valence-electron chi connectivity index (χ1n) is 17.7. The predicted molar refractivity (Wildman–Crippen MR) is 198 cm³/mol. The molecule has 1 fully saturated rings. The van der Waals surface area contributed by atoms with Gasteiger partial charge < -0.3 is 29.2 Å². The summed E-state index contributed by atoms with van der Waals surface area (Å²) in [6.45, 7) is 2.85. The molecule has 0 atom stereocenters. The number of rotatable bonds is 10. The number of benzene rings is 2. The van der Waals surface area contributed by atoms with E-state index in [9.17, 15) is 31.9 Å². The first kappa shape index (κ1) is 38.5. The third kappa shape index (κ3) is 7.95. The molecule has 5 aromatic rings. The lowest BCUT2D eigenvalue weighted by molar-refractivity contribution is -0.137. The summed E-state index contributed by atoms with van der Waals surface area (Å²) in [5.41, 5.74) is 0.554. The van der Waals surface area contributed by atoms with E-state index in [4.69, 9.17) is 21.1 Å². The van der Waals surface area contributed by atoms with Gasteiger partial charge in [-0.2, -0.15) is 22.7 Å². The fraction of sp³-hybridized carbons (Fsp3) is 0.316. The molecular formula is C38H35ClF4N8O5. The highest BCUT2D eigenvalue weighted by atomic mass is 35.5. The van der Waals surface area contributed by atoms with Crippen molar-refractivity contribution < 1.29 is 36.6 Å². The lowest BCUT2D eigenvalue weighted by Crippen LogP contribution is -2.51. The Bertz CT molecular complexity index is 2380. The van der Waals surface area contributed by atoms with E-state index in [1.165, 1.54) is 11.1 Å². The van der Waals surface area contributed by atoms with Crippen LogP contribution in [0.15, 0.2) is 71.7 Å². The first-order valence-corrected chi connectivity index (χ1v) is 18.1. The number of pyridine rings is 1. The minimum atomic E-state index is -4.62. The Labute approximate surface area is 322 Å². The zero-order chi connectivity index (χ0) is 39.6. The van der Waals surface area contributed by atoms with Crippen molar-refractivity contribution in [3.05, 3.63) is 116 Å². The Morgan fingerprint density at radius 1 is 1.05 bits per heavy atom. The van der Waals surface area contributed by atoms with Gasteiger partial charge in [0.05, 0.1) is 35.2 Å². The van der Waals surface area contributed by atoms with Crippen molar-refractivity contribution in [2.24, 2.45) is 0 Å². The summed E-state index contributed by atoms with van der Waals surface area (Å²) in [6, 6.07) is 12.8. The molecule has 2 aromatic carbocycles. The van der Waals surface area contributed by atoms with E-state index in [-0.39, 0.29) is 78.6 Å². The van der Waals surface area contributed by atoms with E-state index < -0.39 is 41.5 Å². The summed E-state index contributed by atoms with van der Waals surface area (Å²) in [7, 11) is 0. The Morgan fingerprint density at radius 2 is 1.82 bits per heavy atom. The fourth-order valence-corrected chi connectivity index (χ4v) is 6.88. The number of carbonyl (C=O) groups excluding carboxylic acids is 2. The molecule has 0 aliphatic carbocycles. The van der Waals surface area contributed by atoms with Gasteiger partial charge in [0.25, 0.3) is 11.5 Å². The smallest absolute Gasteiger partial charge is 0.416 e. The maximum atomic E-state index is 15.0. The Kier molecular flexibility index (Phi) is 11.1. The molecule has 5 heterocycles. The molecule has 7 rings (SSSR count). The lowest BCUT2D eigenvalue weighted by atomic mass is 10.1. The van der Waals surface area contributed by atoms with Crippen LogP contribution in [-0.4, -0.2) is 80.3 Å². The summed E-state index contributed by atoms with van der Waals surface area (Å²) >= 11 is 6.13. The number of carbonyl (C=O) groups is 2. The van der Waals surface area contributed by atoms with Crippen LogP contribution in [0.1, 0.15) is 46.5 Å². The van der Waals surface area contributed by atoms with Crippen LogP contribution in [0.4, 0.5) is 28.9 Å². The first-order chi connectivity index (χ1) is 26.9. The standard InChI is InChI=1S/C38H35ClF4N8O5/c1-2-29-32(48-14-16-49(17-15-48)35(53)31-33(27(40)10-13-44-31)56-22-23-6-4-3-5-7-23)36(54)51-37(46-34(47-51)24-11-18-55-19-12-24)50(29)21-30(52)45-28-9-8-25(20-26(28)39)38(41,42)43/h3-11,13,20H,2,12,14-19,21-22H2,1H3,(H,45,52). The van der Waals surface area contributed by atoms with Crippen LogP contribution in [0.25, 0.3) is 11.4 Å². The summed E-state index contributed by atoms with van der Waals surface area (Å²) < 4.78 is 68.6. The Hall–Kier alpha value is -5.81. The van der Waals surface area contributed by atoms with Gasteiger partial charge in [0.1, 0.15) is 18.8 Å². The van der Waals surface area contributed by atoms with Crippen LogP contribution < -0.4 is 20.5 Å². The van der Waals surface area contributed by atoms with Crippen molar-refractivity contribution in [1.82, 2.24) is 29.0 Å². The van der Waals surface area contributed by atoms with Crippen molar-refractivity contribution in [3.63, 3.8) is 0 Å². The number of nitrogens with one attached hydrogen (secondary N) is 1. The number of amides is 2. The van der Waals surface area contributed by atoms with Gasteiger partial charge in [0.2, 0.25) is 11.7 Å². The largest absolute Gasteiger partial charge is 0.483 e. The average Bonchev–Trinajstić information content (AvgIpc) is 3.65. The van der Waals surface area contributed by atoms with E-state index in [0.717, 1.165) is 39.9 Å². The van der Waals surface area contributed by atoms with Crippen molar-refractivity contribution in [3.8, 4) is 5.75 Å². The third-order valence-electron chi connectivity index (χ3n) is 9.45. The fourth-order valence-electron chi connectivity index (χ4n) is 6.65. The minimum absolute atomic E-state index is 0.0243. The number of halogens is 5. The molecule has 1 N–H and O–H groups in total. The minimum Gasteiger partial charge on any atom is -0.483 e. The number of ether oxygens (including phenoxy) is 2. The molecule has 0 saturated carbocycles. The van der Waals surface area contributed by atoms with Crippen molar-refractivity contribution in [2.75, 3.05) is 49.6 Å². The van der Waals surface area contributed by atoms with Crippen molar-refractivity contribution >= 4 is 46.1 Å². The topological polar surface area (TPSA) is 136 Å². The van der Waals surface area contributed by atoms with Crippen LogP contribution in [-0.2, 0) is 35.3 Å². The molecule has 0 unspecified atom stereocenters. The summed E-state index contributed by atoms with van der Waals surface area (Å²) in [5, 5.41) is 6.82. The monoisotopic (exact) mass is 794 g/mol. The lowest BCUT2D eigenvalue weighted by Gasteiger charge is -2.36. The van der Waals surface area contributed by atoms with Crippen LogP contribution in [0.2, 0.25) is 5.02 Å². The second-order valence-electron chi connectivity index (χ2n) is 13.0. The maximum Gasteiger partial charge on any atom is 0.416 e. The highest BCUT2D eigenvalue weighted by Crippen LogP contribution is 2.34. The van der Waals surface area contributed by atoms with Crippen LogP contribution in [0.3, 0.4) is 0 Å². The number of nitrogens with zero attached hydrogens (tertiary/aromatic N) is 7. The predicted octanol–water partition coefficient (Wildman–Crippen LogP) is 5.64. The van der Waals surface area contributed by atoms with E-state index in [2.05, 4.69) is 20.4 Å². The Morgan fingerprint density at radius 3 is 2.50 bits per heavy atom. The molecule has 2 amide bonds. The van der Waals surface area contributed by atoms with Crippen molar-refractivity contribution in [2.45, 2.75) is 39.1 Å². The quantitative estimate of drug-likeness (QED) is 0.178. The molecule has 3 aromatic heterocycles.